The zero-order valence-electron chi connectivity index (χ0n) is 11.8. The van der Waals surface area contributed by atoms with Crippen LogP contribution in [0, 0.1) is 6.92 Å². The first kappa shape index (κ1) is 14.2. The molecule has 0 unspecified atom stereocenters. The summed E-state index contributed by atoms with van der Waals surface area (Å²) in [6.45, 7) is 3.28. The minimum Gasteiger partial charge on any atom is -0.354 e. The van der Waals surface area contributed by atoms with Crippen LogP contribution in [-0.2, 0) is 11.2 Å². The quantitative estimate of drug-likeness (QED) is 0.750. The van der Waals surface area contributed by atoms with Gasteiger partial charge >= 0.3 is 0 Å². The van der Waals surface area contributed by atoms with Crippen molar-refractivity contribution in [3.8, 4) is 5.69 Å². The van der Waals surface area contributed by atoms with Gasteiger partial charge in [-0.05, 0) is 26.1 Å². The average Bonchev–Trinajstić information content (AvgIpc) is 2.81. The molecule has 0 aliphatic heterocycles. The average molecular weight is 273 g/mol. The number of hydrogen-bond acceptors (Lipinski definition) is 4. The largest absolute Gasteiger partial charge is 0.354 e. The van der Waals surface area contributed by atoms with Crippen molar-refractivity contribution in [2.75, 3.05) is 20.1 Å². The van der Waals surface area contributed by atoms with Crippen molar-refractivity contribution in [2.24, 2.45) is 0 Å². The Hall–Kier alpha value is -2.21. The zero-order chi connectivity index (χ0) is 14.4. The molecule has 0 spiro atoms. The second-order valence-electron chi connectivity index (χ2n) is 4.50. The third-order valence-electron chi connectivity index (χ3n) is 3.02. The highest BCUT2D eigenvalue weighted by Crippen LogP contribution is 2.11. The van der Waals surface area contributed by atoms with Gasteiger partial charge in [0.25, 0.3) is 0 Å². The monoisotopic (exact) mass is 273 g/mol. The maximum atomic E-state index is 11.8. The van der Waals surface area contributed by atoms with E-state index in [1.165, 1.54) is 0 Å². The highest BCUT2D eigenvalue weighted by atomic mass is 16.1. The number of amides is 1. The van der Waals surface area contributed by atoms with Gasteiger partial charge in [0.1, 0.15) is 0 Å². The summed E-state index contributed by atoms with van der Waals surface area (Å²) >= 11 is 0. The molecule has 106 valence electrons. The van der Waals surface area contributed by atoms with Crippen molar-refractivity contribution >= 4 is 5.91 Å². The second kappa shape index (κ2) is 6.81. The van der Waals surface area contributed by atoms with E-state index in [9.17, 15) is 4.79 Å². The number of carbonyl (C=O) groups excluding carboxylic acids is 1. The molecule has 1 amide bonds. The summed E-state index contributed by atoms with van der Waals surface area (Å²) < 4.78 is 1.75. The van der Waals surface area contributed by atoms with Gasteiger partial charge in [-0.25, -0.2) is 4.68 Å². The smallest absolute Gasteiger partial charge is 0.226 e. The lowest BCUT2D eigenvalue weighted by atomic mass is 10.2. The molecule has 2 aromatic rings. The first-order chi connectivity index (χ1) is 9.72. The van der Waals surface area contributed by atoms with Crippen LogP contribution >= 0.6 is 0 Å². The summed E-state index contributed by atoms with van der Waals surface area (Å²) in [6, 6.07) is 9.75. The molecule has 0 saturated heterocycles. The van der Waals surface area contributed by atoms with Crippen LogP contribution < -0.4 is 10.6 Å². The van der Waals surface area contributed by atoms with Gasteiger partial charge in [-0.1, -0.05) is 23.4 Å². The summed E-state index contributed by atoms with van der Waals surface area (Å²) in [5.74, 6) is -0.0385. The summed E-state index contributed by atoms with van der Waals surface area (Å²) in [4.78, 5) is 11.8. The molecule has 20 heavy (non-hydrogen) atoms. The van der Waals surface area contributed by atoms with Crippen molar-refractivity contribution in [2.45, 2.75) is 13.3 Å². The molecule has 0 saturated carbocycles. The Labute approximate surface area is 118 Å². The van der Waals surface area contributed by atoms with E-state index in [0.717, 1.165) is 17.9 Å². The van der Waals surface area contributed by atoms with E-state index in [-0.39, 0.29) is 12.3 Å². The molecule has 1 aromatic carbocycles. The Morgan fingerprint density at radius 3 is 2.70 bits per heavy atom. The molecule has 0 radical (unpaired) electrons. The fraction of sp³-hybridized carbons (Fsp3) is 0.357. The summed E-state index contributed by atoms with van der Waals surface area (Å²) in [7, 11) is 1.85. The molecule has 2 N–H and O–H groups in total. The van der Waals surface area contributed by atoms with Crippen LogP contribution in [0.3, 0.4) is 0 Å². The maximum absolute atomic E-state index is 11.8. The summed E-state index contributed by atoms with van der Waals surface area (Å²) in [5, 5.41) is 14.0. The molecule has 6 nitrogen and oxygen atoms in total. The van der Waals surface area contributed by atoms with Crippen molar-refractivity contribution < 1.29 is 4.79 Å². The molecule has 1 heterocycles. The van der Waals surface area contributed by atoms with Gasteiger partial charge in [-0.3, -0.25) is 4.79 Å². The number of nitrogens with zero attached hydrogens (tertiary/aromatic N) is 3. The lowest BCUT2D eigenvalue weighted by molar-refractivity contribution is -0.120. The number of para-hydroxylation sites is 1. The molecule has 0 aliphatic carbocycles. The van der Waals surface area contributed by atoms with Gasteiger partial charge in [0, 0.05) is 13.1 Å². The minimum atomic E-state index is -0.0385. The Kier molecular flexibility index (Phi) is 4.84. The van der Waals surface area contributed by atoms with E-state index < -0.39 is 0 Å². The molecular formula is C14H19N5O. The number of carbonyl (C=O) groups is 1. The molecule has 0 fully saturated rings. The molecule has 0 bridgehead atoms. The molecular weight excluding hydrogens is 254 g/mol. The lowest BCUT2D eigenvalue weighted by Gasteiger charge is -2.04. The van der Waals surface area contributed by atoms with Gasteiger partial charge in [-0.15, -0.1) is 5.10 Å². The third-order valence-corrected chi connectivity index (χ3v) is 3.02. The van der Waals surface area contributed by atoms with Gasteiger partial charge in [0.2, 0.25) is 5.91 Å². The fourth-order valence-corrected chi connectivity index (χ4v) is 1.88. The number of nitrogens with one attached hydrogen (secondary N) is 2. The highest BCUT2D eigenvalue weighted by Gasteiger charge is 2.13. The van der Waals surface area contributed by atoms with Gasteiger partial charge in [0.15, 0.2) is 0 Å². The second-order valence-corrected chi connectivity index (χ2v) is 4.50. The van der Waals surface area contributed by atoms with E-state index in [4.69, 9.17) is 0 Å². The standard InChI is InChI=1S/C14H19N5O/c1-11-13(10-14(20)16-9-8-15-2)17-18-19(11)12-6-4-3-5-7-12/h3-7,15H,8-10H2,1-2H3,(H,16,20). The molecule has 0 aliphatic rings. The van der Waals surface area contributed by atoms with Gasteiger partial charge in [-0.2, -0.15) is 0 Å². The van der Waals surface area contributed by atoms with Crippen LogP contribution in [0.1, 0.15) is 11.4 Å². The summed E-state index contributed by atoms with van der Waals surface area (Å²) in [5.41, 5.74) is 2.54. The van der Waals surface area contributed by atoms with Crippen LogP contribution in [-0.4, -0.2) is 41.0 Å². The molecule has 2 rings (SSSR count). The van der Waals surface area contributed by atoms with Crippen molar-refractivity contribution in [3.05, 3.63) is 41.7 Å². The van der Waals surface area contributed by atoms with Gasteiger partial charge in [0.05, 0.1) is 23.5 Å². The molecule has 1 aromatic heterocycles. The lowest BCUT2D eigenvalue weighted by Crippen LogP contribution is -2.31. The summed E-state index contributed by atoms with van der Waals surface area (Å²) in [6.07, 6.45) is 0.252. The van der Waals surface area contributed by atoms with Crippen molar-refractivity contribution in [1.29, 1.82) is 0 Å². The number of likely N-dealkylation sites (N-methyl/N-ethyl adjacent to an activating group) is 1. The van der Waals surface area contributed by atoms with E-state index in [1.807, 2.05) is 44.3 Å². The van der Waals surface area contributed by atoms with E-state index >= 15 is 0 Å². The first-order valence-electron chi connectivity index (χ1n) is 6.60. The Bertz CT molecular complexity index is 564. The van der Waals surface area contributed by atoms with Crippen molar-refractivity contribution in [1.82, 2.24) is 25.6 Å². The van der Waals surface area contributed by atoms with Crippen LogP contribution in [0.2, 0.25) is 0 Å². The van der Waals surface area contributed by atoms with Crippen molar-refractivity contribution in [3.63, 3.8) is 0 Å². The van der Waals surface area contributed by atoms with Crippen LogP contribution in [0.15, 0.2) is 30.3 Å². The number of benzene rings is 1. The van der Waals surface area contributed by atoms with E-state index in [0.29, 0.717) is 12.2 Å². The number of hydrogen-bond donors (Lipinski definition) is 2. The fourth-order valence-electron chi connectivity index (χ4n) is 1.88. The number of rotatable bonds is 6. The Morgan fingerprint density at radius 1 is 1.25 bits per heavy atom. The van der Waals surface area contributed by atoms with Crippen LogP contribution in [0.5, 0.6) is 0 Å². The topological polar surface area (TPSA) is 71.8 Å². The van der Waals surface area contributed by atoms with Crippen LogP contribution in [0.4, 0.5) is 0 Å². The first-order valence-corrected chi connectivity index (χ1v) is 6.60. The van der Waals surface area contributed by atoms with E-state index in [2.05, 4.69) is 20.9 Å². The van der Waals surface area contributed by atoms with Crippen LogP contribution in [0.25, 0.3) is 5.69 Å². The van der Waals surface area contributed by atoms with Gasteiger partial charge < -0.3 is 10.6 Å². The third kappa shape index (κ3) is 3.42. The predicted molar refractivity (Wildman–Crippen MR) is 76.7 cm³/mol. The highest BCUT2D eigenvalue weighted by molar-refractivity contribution is 5.78. The Morgan fingerprint density at radius 2 is 2.00 bits per heavy atom. The molecule has 0 atom stereocenters. The van der Waals surface area contributed by atoms with E-state index in [1.54, 1.807) is 4.68 Å². The predicted octanol–water partition coefficient (Wildman–Crippen LogP) is 0.454. The molecule has 6 heteroatoms. The SMILES string of the molecule is CNCCNC(=O)Cc1nnn(-c2ccccc2)c1C. The Balaban J connectivity index is 2.04. The zero-order valence-corrected chi connectivity index (χ0v) is 11.8. The maximum Gasteiger partial charge on any atom is 0.226 e. The minimum absolute atomic E-state index is 0.0385. The number of aromatic nitrogens is 3. The normalized spacial score (nSPS) is 10.5.